The number of halogens is 1. The summed E-state index contributed by atoms with van der Waals surface area (Å²) in [4.78, 5) is 4.33. The lowest BCUT2D eigenvalue weighted by Crippen LogP contribution is -2.12. The standard InChI is InChI=1S/C16H19ClN2O/c1-16(2,3)11-6-4-5-7-14(11)20-15-9-8-12(17)13(10-18)19-15/h4-9H,10,18H2,1-3H3. The summed E-state index contributed by atoms with van der Waals surface area (Å²) in [6, 6.07) is 11.5. The quantitative estimate of drug-likeness (QED) is 0.917. The predicted molar refractivity (Wildman–Crippen MR) is 82.4 cm³/mol. The van der Waals surface area contributed by atoms with Gasteiger partial charge in [-0.2, -0.15) is 0 Å². The van der Waals surface area contributed by atoms with Crippen molar-refractivity contribution >= 4 is 11.6 Å². The smallest absolute Gasteiger partial charge is 0.219 e. The Hall–Kier alpha value is -1.58. The summed E-state index contributed by atoms with van der Waals surface area (Å²) in [7, 11) is 0. The van der Waals surface area contributed by atoms with E-state index >= 15 is 0 Å². The van der Waals surface area contributed by atoms with Gasteiger partial charge in [0, 0.05) is 18.2 Å². The molecule has 0 bridgehead atoms. The van der Waals surface area contributed by atoms with E-state index in [9.17, 15) is 0 Å². The first kappa shape index (κ1) is 14.8. The molecule has 4 heteroatoms. The van der Waals surface area contributed by atoms with E-state index < -0.39 is 0 Å². The lowest BCUT2D eigenvalue weighted by Gasteiger charge is -2.22. The van der Waals surface area contributed by atoms with Gasteiger partial charge in [0.1, 0.15) is 5.75 Å². The molecule has 0 atom stereocenters. The number of aromatic nitrogens is 1. The van der Waals surface area contributed by atoms with Gasteiger partial charge >= 0.3 is 0 Å². The normalized spacial score (nSPS) is 11.4. The Morgan fingerprint density at radius 3 is 2.50 bits per heavy atom. The van der Waals surface area contributed by atoms with Crippen LogP contribution in [-0.4, -0.2) is 4.98 Å². The van der Waals surface area contributed by atoms with Crippen LogP contribution in [0.4, 0.5) is 0 Å². The van der Waals surface area contributed by atoms with Crippen LogP contribution in [0.1, 0.15) is 32.0 Å². The van der Waals surface area contributed by atoms with Gasteiger partial charge in [-0.15, -0.1) is 0 Å². The van der Waals surface area contributed by atoms with Gasteiger partial charge in [0.15, 0.2) is 0 Å². The van der Waals surface area contributed by atoms with Gasteiger partial charge in [-0.25, -0.2) is 4.98 Å². The minimum absolute atomic E-state index is 0.000282. The maximum absolute atomic E-state index is 6.01. The van der Waals surface area contributed by atoms with Gasteiger partial charge in [-0.1, -0.05) is 50.6 Å². The van der Waals surface area contributed by atoms with Gasteiger partial charge in [0.2, 0.25) is 5.88 Å². The first-order valence-corrected chi connectivity index (χ1v) is 6.92. The van der Waals surface area contributed by atoms with Crippen molar-refractivity contribution in [2.24, 2.45) is 5.73 Å². The third-order valence-corrected chi connectivity index (χ3v) is 3.34. The van der Waals surface area contributed by atoms with E-state index in [1.165, 1.54) is 0 Å². The van der Waals surface area contributed by atoms with Crippen LogP contribution in [0.15, 0.2) is 36.4 Å². The van der Waals surface area contributed by atoms with Crippen molar-refractivity contribution in [3.8, 4) is 11.6 Å². The third kappa shape index (κ3) is 3.30. The van der Waals surface area contributed by atoms with Gasteiger partial charge in [-0.3, -0.25) is 0 Å². The summed E-state index contributed by atoms with van der Waals surface area (Å²) >= 11 is 6.01. The summed E-state index contributed by atoms with van der Waals surface area (Å²) in [5.41, 5.74) is 7.38. The van der Waals surface area contributed by atoms with Crippen molar-refractivity contribution in [1.29, 1.82) is 0 Å². The van der Waals surface area contributed by atoms with Gasteiger partial charge < -0.3 is 10.5 Å². The van der Waals surface area contributed by atoms with Crippen LogP contribution >= 0.6 is 11.6 Å². The first-order valence-electron chi connectivity index (χ1n) is 6.54. The van der Waals surface area contributed by atoms with Crippen molar-refractivity contribution < 1.29 is 4.74 Å². The van der Waals surface area contributed by atoms with Crippen LogP contribution in [0.5, 0.6) is 11.6 Å². The van der Waals surface area contributed by atoms with Crippen molar-refractivity contribution in [2.75, 3.05) is 0 Å². The van der Waals surface area contributed by atoms with E-state index in [2.05, 4.69) is 31.8 Å². The molecule has 0 aliphatic carbocycles. The average molecular weight is 291 g/mol. The largest absolute Gasteiger partial charge is 0.439 e. The first-order chi connectivity index (χ1) is 9.41. The number of hydrogen-bond acceptors (Lipinski definition) is 3. The molecule has 0 aliphatic rings. The van der Waals surface area contributed by atoms with Crippen molar-refractivity contribution in [1.82, 2.24) is 4.98 Å². The maximum atomic E-state index is 6.01. The number of rotatable bonds is 3. The number of nitrogens with two attached hydrogens (primary N) is 1. The zero-order valence-electron chi connectivity index (χ0n) is 12.0. The average Bonchev–Trinajstić information content (AvgIpc) is 2.40. The fourth-order valence-electron chi connectivity index (χ4n) is 1.95. The molecule has 0 fully saturated rings. The summed E-state index contributed by atoms with van der Waals surface area (Å²) in [6.07, 6.45) is 0. The second-order valence-corrected chi connectivity index (χ2v) is 6.04. The second kappa shape index (κ2) is 5.81. The highest BCUT2D eigenvalue weighted by molar-refractivity contribution is 6.31. The molecule has 0 aliphatic heterocycles. The molecule has 106 valence electrons. The number of hydrogen-bond donors (Lipinski definition) is 1. The molecule has 0 unspecified atom stereocenters. The summed E-state index contributed by atoms with van der Waals surface area (Å²) in [5, 5.41) is 0.559. The molecule has 1 aromatic carbocycles. The van der Waals surface area contributed by atoms with Crippen LogP contribution in [0, 0.1) is 0 Å². The van der Waals surface area contributed by atoms with E-state index in [1.807, 2.05) is 18.2 Å². The Balaban J connectivity index is 2.36. The van der Waals surface area contributed by atoms with Crippen LogP contribution in [-0.2, 0) is 12.0 Å². The Bertz CT molecular complexity index is 606. The Morgan fingerprint density at radius 1 is 1.15 bits per heavy atom. The summed E-state index contributed by atoms with van der Waals surface area (Å²) in [5.74, 6) is 1.31. The number of pyridine rings is 1. The number of ether oxygens (including phenoxy) is 1. The SMILES string of the molecule is CC(C)(C)c1ccccc1Oc1ccc(Cl)c(CN)n1. The molecule has 1 aromatic heterocycles. The van der Waals surface area contributed by atoms with Crippen molar-refractivity contribution in [3.63, 3.8) is 0 Å². The van der Waals surface area contributed by atoms with Crippen LogP contribution < -0.4 is 10.5 Å². The van der Waals surface area contributed by atoms with E-state index in [0.717, 1.165) is 11.3 Å². The molecule has 2 rings (SSSR count). The topological polar surface area (TPSA) is 48.1 Å². The monoisotopic (exact) mass is 290 g/mol. The van der Waals surface area contributed by atoms with E-state index in [-0.39, 0.29) is 12.0 Å². The minimum Gasteiger partial charge on any atom is -0.439 e. The fraction of sp³-hybridized carbons (Fsp3) is 0.312. The van der Waals surface area contributed by atoms with E-state index in [4.69, 9.17) is 22.1 Å². The molecule has 20 heavy (non-hydrogen) atoms. The maximum Gasteiger partial charge on any atom is 0.219 e. The Morgan fingerprint density at radius 2 is 1.85 bits per heavy atom. The van der Waals surface area contributed by atoms with E-state index in [0.29, 0.717) is 16.6 Å². The number of benzene rings is 1. The lowest BCUT2D eigenvalue weighted by molar-refractivity contribution is 0.438. The highest BCUT2D eigenvalue weighted by atomic mass is 35.5. The molecule has 2 aromatic rings. The zero-order chi connectivity index (χ0) is 14.8. The summed E-state index contributed by atoms with van der Waals surface area (Å²) in [6.45, 7) is 6.73. The molecule has 2 N–H and O–H groups in total. The van der Waals surface area contributed by atoms with Gasteiger partial charge in [0.25, 0.3) is 0 Å². The molecule has 0 saturated heterocycles. The third-order valence-electron chi connectivity index (χ3n) is 3.00. The molecule has 0 saturated carbocycles. The molecule has 0 radical (unpaired) electrons. The van der Waals surface area contributed by atoms with Crippen molar-refractivity contribution in [2.45, 2.75) is 32.7 Å². The Labute approximate surface area is 124 Å². The van der Waals surface area contributed by atoms with Crippen LogP contribution in [0.2, 0.25) is 5.02 Å². The van der Waals surface area contributed by atoms with E-state index in [1.54, 1.807) is 12.1 Å². The molecule has 0 spiro atoms. The molecule has 1 heterocycles. The molecular weight excluding hydrogens is 272 g/mol. The highest BCUT2D eigenvalue weighted by Crippen LogP contribution is 2.33. The molecular formula is C16H19ClN2O. The Kier molecular flexibility index (Phi) is 4.31. The van der Waals surface area contributed by atoms with Crippen LogP contribution in [0.25, 0.3) is 0 Å². The van der Waals surface area contributed by atoms with Gasteiger partial charge in [-0.05, 0) is 17.5 Å². The number of nitrogens with zero attached hydrogens (tertiary/aromatic N) is 1. The lowest BCUT2D eigenvalue weighted by atomic mass is 9.86. The zero-order valence-corrected chi connectivity index (χ0v) is 12.7. The second-order valence-electron chi connectivity index (χ2n) is 5.63. The van der Waals surface area contributed by atoms with Crippen LogP contribution in [0.3, 0.4) is 0 Å². The van der Waals surface area contributed by atoms with Gasteiger partial charge in [0.05, 0.1) is 10.7 Å². The molecule has 0 amide bonds. The highest BCUT2D eigenvalue weighted by Gasteiger charge is 2.19. The molecule has 3 nitrogen and oxygen atoms in total. The predicted octanol–water partition coefficient (Wildman–Crippen LogP) is 4.28. The number of para-hydroxylation sites is 1. The fourth-order valence-corrected chi connectivity index (χ4v) is 2.13. The summed E-state index contributed by atoms with van der Waals surface area (Å²) < 4.78 is 5.91. The van der Waals surface area contributed by atoms with Crippen molar-refractivity contribution in [3.05, 3.63) is 52.7 Å². The minimum atomic E-state index is -0.000282.